The van der Waals surface area contributed by atoms with E-state index in [-0.39, 0.29) is 13.2 Å². The highest BCUT2D eigenvalue weighted by molar-refractivity contribution is 5.76. The van der Waals surface area contributed by atoms with E-state index in [4.69, 9.17) is 23.7 Å². The second-order valence-corrected chi connectivity index (χ2v) is 8.13. The summed E-state index contributed by atoms with van der Waals surface area (Å²) in [4.78, 5) is 15.7. The first-order chi connectivity index (χ1) is 16.1. The van der Waals surface area contributed by atoms with Crippen molar-refractivity contribution in [2.75, 3.05) is 13.4 Å². The Morgan fingerprint density at radius 2 is 2.03 bits per heavy atom. The lowest BCUT2D eigenvalue weighted by atomic mass is 9.88. The Kier molecular flexibility index (Phi) is 5.77. The second-order valence-electron chi connectivity index (χ2n) is 8.13. The molecular weight excluding hydrogens is 422 g/mol. The molecule has 2 heterocycles. The third-order valence-corrected chi connectivity index (χ3v) is 5.98. The van der Waals surface area contributed by atoms with Crippen LogP contribution in [0.3, 0.4) is 0 Å². The molecule has 0 radical (unpaired) electrons. The van der Waals surface area contributed by atoms with Crippen molar-refractivity contribution in [3.8, 4) is 28.7 Å². The van der Waals surface area contributed by atoms with Gasteiger partial charge in [0.1, 0.15) is 11.5 Å². The number of allylic oxidation sites excluding steroid dienone is 2. The standard InChI is InChI=1S/C26H25NO6/c1-16-21(27-26(33-16)18-8-10-23-24(14-18)32-15-31-23)12-13-30-22-7-3-5-19-17(9-11-25(28)29)4-2-6-20(19)22/h3-5,7-8,10,14H,2,6,9,11-13,15H2,1H3,(H,28,29). The van der Waals surface area contributed by atoms with Crippen LogP contribution in [0.15, 0.2) is 46.9 Å². The van der Waals surface area contributed by atoms with Gasteiger partial charge in [0.2, 0.25) is 12.7 Å². The van der Waals surface area contributed by atoms with Crippen LogP contribution in [0, 0.1) is 6.92 Å². The molecule has 0 saturated carbocycles. The van der Waals surface area contributed by atoms with Crippen LogP contribution in [-0.2, 0) is 17.6 Å². The number of aromatic nitrogens is 1. The number of fused-ring (bicyclic) bond motifs is 2. The van der Waals surface area contributed by atoms with Crippen LogP contribution in [0.25, 0.3) is 17.0 Å². The largest absolute Gasteiger partial charge is 0.493 e. The maximum Gasteiger partial charge on any atom is 0.303 e. The molecule has 0 fully saturated rings. The Morgan fingerprint density at radius 3 is 2.91 bits per heavy atom. The van der Waals surface area contributed by atoms with Crippen LogP contribution in [0.4, 0.5) is 0 Å². The number of hydrogen-bond acceptors (Lipinski definition) is 6. The first-order valence-corrected chi connectivity index (χ1v) is 11.1. The average molecular weight is 447 g/mol. The molecule has 1 aliphatic heterocycles. The van der Waals surface area contributed by atoms with E-state index in [1.807, 2.05) is 37.3 Å². The summed E-state index contributed by atoms with van der Waals surface area (Å²) in [5.74, 6) is 2.80. The van der Waals surface area contributed by atoms with Gasteiger partial charge in [-0.3, -0.25) is 4.79 Å². The van der Waals surface area contributed by atoms with Gasteiger partial charge in [-0.15, -0.1) is 0 Å². The van der Waals surface area contributed by atoms with E-state index in [0.717, 1.165) is 58.1 Å². The Morgan fingerprint density at radius 1 is 1.15 bits per heavy atom. The van der Waals surface area contributed by atoms with Crippen LogP contribution in [0.1, 0.15) is 41.8 Å². The monoisotopic (exact) mass is 447 g/mol. The maximum absolute atomic E-state index is 11.0. The zero-order valence-electron chi connectivity index (χ0n) is 18.4. The molecule has 1 aliphatic carbocycles. The molecule has 0 unspecified atom stereocenters. The molecule has 0 bridgehead atoms. The number of benzene rings is 2. The van der Waals surface area contributed by atoms with E-state index in [9.17, 15) is 4.79 Å². The average Bonchev–Trinajstić information content (AvgIpc) is 3.43. The van der Waals surface area contributed by atoms with Crippen LogP contribution < -0.4 is 14.2 Å². The van der Waals surface area contributed by atoms with Crippen molar-refractivity contribution in [2.24, 2.45) is 0 Å². The Labute approximate surface area is 191 Å². The molecule has 0 amide bonds. The third kappa shape index (κ3) is 4.44. The van der Waals surface area contributed by atoms with E-state index in [0.29, 0.717) is 31.1 Å². The minimum atomic E-state index is -0.779. The first kappa shape index (κ1) is 21.1. The number of carboxylic acids is 1. The van der Waals surface area contributed by atoms with Gasteiger partial charge in [0.05, 0.1) is 12.3 Å². The summed E-state index contributed by atoms with van der Waals surface area (Å²) < 4.78 is 22.9. The predicted octanol–water partition coefficient (Wildman–Crippen LogP) is 5.19. The number of hydrogen-bond donors (Lipinski definition) is 1. The summed E-state index contributed by atoms with van der Waals surface area (Å²) in [6.07, 6.45) is 5.21. The topological polar surface area (TPSA) is 91.0 Å². The van der Waals surface area contributed by atoms with Crippen molar-refractivity contribution >= 4 is 11.5 Å². The summed E-state index contributed by atoms with van der Waals surface area (Å²) in [6.45, 7) is 2.60. The molecule has 3 aromatic rings. The van der Waals surface area contributed by atoms with Crippen LogP contribution in [0.5, 0.6) is 17.2 Å². The summed E-state index contributed by atoms with van der Waals surface area (Å²) in [5, 5.41) is 9.03. The van der Waals surface area contributed by atoms with E-state index >= 15 is 0 Å². The maximum atomic E-state index is 11.0. The molecule has 2 aromatic carbocycles. The normalized spacial score (nSPS) is 14.0. The number of carbonyl (C=O) groups is 1. The zero-order valence-corrected chi connectivity index (χ0v) is 18.4. The van der Waals surface area contributed by atoms with Gasteiger partial charge in [-0.25, -0.2) is 4.98 Å². The van der Waals surface area contributed by atoms with E-state index in [2.05, 4.69) is 17.1 Å². The lowest BCUT2D eigenvalue weighted by molar-refractivity contribution is -0.136. The lowest BCUT2D eigenvalue weighted by Gasteiger charge is -2.20. The molecule has 1 aromatic heterocycles. The first-order valence-electron chi connectivity index (χ1n) is 11.1. The zero-order chi connectivity index (χ0) is 22.8. The van der Waals surface area contributed by atoms with Crippen LogP contribution in [-0.4, -0.2) is 29.5 Å². The van der Waals surface area contributed by atoms with Crippen molar-refractivity contribution < 1.29 is 28.5 Å². The fraction of sp³-hybridized carbons (Fsp3) is 0.308. The molecular formula is C26H25NO6. The fourth-order valence-electron chi connectivity index (χ4n) is 4.31. The molecule has 0 atom stereocenters. The summed E-state index contributed by atoms with van der Waals surface area (Å²) in [6, 6.07) is 11.6. The predicted molar refractivity (Wildman–Crippen MR) is 122 cm³/mol. The quantitative estimate of drug-likeness (QED) is 0.508. The summed E-state index contributed by atoms with van der Waals surface area (Å²) in [7, 11) is 0. The van der Waals surface area contributed by atoms with E-state index in [1.165, 1.54) is 0 Å². The Hall–Kier alpha value is -3.74. The molecule has 33 heavy (non-hydrogen) atoms. The molecule has 7 nitrogen and oxygen atoms in total. The Bertz CT molecular complexity index is 1230. The number of ether oxygens (including phenoxy) is 3. The van der Waals surface area contributed by atoms with Crippen molar-refractivity contribution in [1.29, 1.82) is 0 Å². The number of rotatable bonds is 8. The smallest absolute Gasteiger partial charge is 0.303 e. The highest BCUT2D eigenvalue weighted by Crippen LogP contribution is 2.37. The van der Waals surface area contributed by atoms with Crippen molar-refractivity contribution in [2.45, 2.75) is 39.0 Å². The van der Waals surface area contributed by atoms with E-state index in [1.54, 1.807) is 0 Å². The molecule has 0 saturated heterocycles. The SMILES string of the molecule is Cc1oc(-c2ccc3c(c2)OCO3)nc1CCOc1cccc2c1CCC=C2CCC(=O)O. The van der Waals surface area contributed by atoms with Gasteiger partial charge in [0.25, 0.3) is 0 Å². The molecule has 5 rings (SSSR count). The molecule has 170 valence electrons. The van der Waals surface area contributed by atoms with Gasteiger partial charge in [-0.05, 0) is 61.6 Å². The van der Waals surface area contributed by atoms with Gasteiger partial charge in [0.15, 0.2) is 11.5 Å². The third-order valence-electron chi connectivity index (χ3n) is 5.98. The summed E-state index contributed by atoms with van der Waals surface area (Å²) >= 11 is 0. The number of carboxylic acid groups (broad SMARTS) is 1. The minimum Gasteiger partial charge on any atom is -0.493 e. The van der Waals surface area contributed by atoms with Gasteiger partial charge < -0.3 is 23.7 Å². The number of aliphatic carboxylic acids is 1. The molecule has 2 aliphatic rings. The van der Waals surface area contributed by atoms with Crippen molar-refractivity contribution in [1.82, 2.24) is 4.98 Å². The van der Waals surface area contributed by atoms with Gasteiger partial charge in [-0.1, -0.05) is 18.2 Å². The molecule has 7 heteroatoms. The van der Waals surface area contributed by atoms with Crippen LogP contribution in [0.2, 0.25) is 0 Å². The molecule has 0 spiro atoms. The number of oxazole rings is 1. The van der Waals surface area contributed by atoms with Crippen molar-refractivity contribution in [3.05, 3.63) is 65.1 Å². The van der Waals surface area contributed by atoms with Crippen molar-refractivity contribution in [3.63, 3.8) is 0 Å². The number of nitrogens with zero attached hydrogens (tertiary/aromatic N) is 1. The summed E-state index contributed by atoms with van der Waals surface area (Å²) in [5.41, 5.74) is 5.03. The minimum absolute atomic E-state index is 0.132. The highest BCUT2D eigenvalue weighted by Gasteiger charge is 2.19. The number of aryl methyl sites for hydroxylation is 1. The van der Waals surface area contributed by atoms with Gasteiger partial charge in [-0.2, -0.15) is 0 Å². The van der Waals surface area contributed by atoms with Crippen LogP contribution >= 0.6 is 0 Å². The lowest BCUT2D eigenvalue weighted by Crippen LogP contribution is -2.08. The highest BCUT2D eigenvalue weighted by atomic mass is 16.7. The fourth-order valence-corrected chi connectivity index (χ4v) is 4.31. The second kappa shape index (κ2) is 9.02. The molecule has 1 N–H and O–H groups in total. The van der Waals surface area contributed by atoms with Gasteiger partial charge >= 0.3 is 5.97 Å². The Balaban J connectivity index is 1.26. The van der Waals surface area contributed by atoms with E-state index < -0.39 is 5.97 Å². The van der Waals surface area contributed by atoms with Gasteiger partial charge in [0, 0.05) is 24.0 Å².